The quantitative estimate of drug-likeness (QED) is 0.468. The minimum atomic E-state index is -0.677. The molecule has 3 heterocycles. The average Bonchev–Trinajstić information content (AvgIpc) is 3.14. The third kappa shape index (κ3) is 4.09. The van der Waals surface area contributed by atoms with Crippen molar-refractivity contribution in [3.8, 4) is 11.3 Å². The summed E-state index contributed by atoms with van der Waals surface area (Å²) in [6.07, 6.45) is -0.488. The van der Waals surface area contributed by atoms with Gasteiger partial charge in [0.25, 0.3) is 0 Å². The number of halogens is 2. The third-order valence-corrected chi connectivity index (χ3v) is 5.88. The van der Waals surface area contributed by atoms with Crippen LogP contribution in [0.2, 0.25) is 0 Å². The lowest BCUT2D eigenvalue weighted by molar-refractivity contribution is -0.139. The smallest absolute Gasteiger partial charge is 0.242 e. The first-order chi connectivity index (χ1) is 16.0. The number of hydrogen-bond acceptors (Lipinski definition) is 4. The SMILES string of the molecule is Cc1nc2ccccc2n1CC(=O)N1CCOC(c2cccc(-c3c(F)cccc3F)n2)C1. The van der Waals surface area contributed by atoms with Gasteiger partial charge < -0.3 is 14.2 Å². The van der Waals surface area contributed by atoms with Crippen LogP contribution in [-0.2, 0) is 16.1 Å². The summed E-state index contributed by atoms with van der Waals surface area (Å²) in [5.41, 5.74) is 2.30. The Labute approximate surface area is 189 Å². The van der Waals surface area contributed by atoms with Crippen molar-refractivity contribution in [3.63, 3.8) is 0 Å². The molecule has 1 saturated heterocycles. The van der Waals surface area contributed by atoms with E-state index in [1.165, 1.54) is 18.2 Å². The van der Waals surface area contributed by atoms with Crippen molar-refractivity contribution in [2.24, 2.45) is 0 Å². The number of amides is 1. The third-order valence-electron chi connectivity index (χ3n) is 5.88. The van der Waals surface area contributed by atoms with Crippen LogP contribution in [0.5, 0.6) is 0 Å². The Kier molecular flexibility index (Phi) is 5.60. The molecular weight excluding hydrogens is 426 g/mol. The Hall–Kier alpha value is -3.65. The van der Waals surface area contributed by atoms with Crippen molar-refractivity contribution in [2.75, 3.05) is 19.7 Å². The van der Waals surface area contributed by atoms with Gasteiger partial charge in [-0.05, 0) is 43.3 Å². The molecule has 8 heteroatoms. The minimum absolute atomic E-state index is 0.0501. The van der Waals surface area contributed by atoms with Gasteiger partial charge in [-0.2, -0.15) is 0 Å². The molecule has 1 unspecified atom stereocenters. The summed E-state index contributed by atoms with van der Waals surface area (Å²) in [6.45, 7) is 3.17. The number of rotatable bonds is 4. The Morgan fingerprint density at radius 1 is 1.03 bits per heavy atom. The largest absolute Gasteiger partial charge is 0.368 e. The van der Waals surface area contributed by atoms with E-state index in [0.717, 1.165) is 16.9 Å². The van der Waals surface area contributed by atoms with E-state index in [4.69, 9.17) is 4.74 Å². The normalized spacial score (nSPS) is 16.3. The van der Waals surface area contributed by atoms with E-state index >= 15 is 0 Å². The molecule has 0 aliphatic carbocycles. The van der Waals surface area contributed by atoms with Crippen molar-refractivity contribution in [2.45, 2.75) is 19.6 Å². The number of imidazole rings is 1. The summed E-state index contributed by atoms with van der Waals surface area (Å²) in [5.74, 6) is -0.630. The molecule has 1 amide bonds. The summed E-state index contributed by atoms with van der Waals surface area (Å²) in [6, 6.07) is 16.4. The lowest BCUT2D eigenvalue weighted by atomic mass is 10.1. The van der Waals surface area contributed by atoms with Crippen LogP contribution in [0.1, 0.15) is 17.6 Å². The second kappa shape index (κ2) is 8.71. The van der Waals surface area contributed by atoms with Gasteiger partial charge in [-0.25, -0.2) is 18.7 Å². The molecule has 4 aromatic rings. The van der Waals surface area contributed by atoms with Crippen LogP contribution in [0, 0.1) is 18.6 Å². The van der Waals surface area contributed by atoms with E-state index < -0.39 is 17.7 Å². The van der Waals surface area contributed by atoms with Gasteiger partial charge in [0.15, 0.2) is 0 Å². The summed E-state index contributed by atoms with van der Waals surface area (Å²) >= 11 is 0. The predicted molar refractivity (Wildman–Crippen MR) is 119 cm³/mol. The number of benzene rings is 2. The first-order valence-electron chi connectivity index (χ1n) is 10.7. The molecule has 2 aromatic carbocycles. The first-order valence-corrected chi connectivity index (χ1v) is 10.7. The van der Waals surface area contributed by atoms with Crippen molar-refractivity contribution in [1.29, 1.82) is 0 Å². The van der Waals surface area contributed by atoms with Crippen LogP contribution < -0.4 is 0 Å². The fourth-order valence-electron chi connectivity index (χ4n) is 4.20. The fourth-order valence-corrected chi connectivity index (χ4v) is 4.20. The number of fused-ring (bicyclic) bond motifs is 1. The number of nitrogens with zero attached hydrogens (tertiary/aromatic N) is 4. The van der Waals surface area contributed by atoms with E-state index in [-0.39, 0.29) is 23.7 Å². The molecule has 1 aliphatic heterocycles. The molecule has 1 aliphatic rings. The molecule has 1 fully saturated rings. The van der Waals surface area contributed by atoms with Gasteiger partial charge in [0.1, 0.15) is 30.1 Å². The van der Waals surface area contributed by atoms with Gasteiger partial charge in [0.2, 0.25) is 5.91 Å². The van der Waals surface area contributed by atoms with Crippen molar-refractivity contribution < 1.29 is 18.3 Å². The number of morpholine rings is 1. The zero-order valence-electron chi connectivity index (χ0n) is 18.0. The zero-order valence-corrected chi connectivity index (χ0v) is 18.0. The van der Waals surface area contributed by atoms with Gasteiger partial charge in [-0.3, -0.25) is 4.79 Å². The van der Waals surface area contributed by atoms with Crippen LogP contribution in [0.4, 0.5) is 8.78 Å². The predicted octanol–water partition coefficient (Wildman–Crippen LogP) is 4.29. The van der Waals surface area contributed by atoms with E-state index in [0.29, 0.717) is 25.4 Å². The second-order valence-electron chi connectivity index (χ2n) is 7.98. The number of para-hydroxylation sites is 2. The molecule has 2 aromatic heterocycles. The maximum atomic E-state index is 14.2. The molecule has 0 N–H and O–H groups in total. The molecule has 0 radical (unpaired) electrons. The standard InChI is InChI=1S/C25H22F2N4O2/c1-16-28-19-8-2-3-11-22(19)31(16)15-24(32)30-12-13-33-23(14-30)20-9-5-10-21(29-20)25-17(26)6-4-7-18(25)27/h2-11,23H,12-15H2,1H3. The summed E-state index contributed by atoms with van der Waals surface area (Å²) in [4.78, 5) is 23.8. The van der Waals surface area contributed by atoms with Gasteiger partial charge in [-0.15, -0.1) is 0 Å². The topological polar surface area (TPSA) is 60.2 Å². The molecule has 33 heavy (non-hydrogen) atoms. The van der Waals surface area contributed by atoms with Crippen molar-refractivity contribution in [1.82, 2.24) is 19.4 Å². The number of aryl methyl sites for hydroxylation is 1. The number of carbonyl (C=O) groups is 1. The Bertz CT molecular complexity index is 1320. The molecule has 0 bridgehead atoms. The van der Waals surface area contributed by atoms with E-state index in [1.807, 2.05) is 35.8 Å². The van der Waals surface area contributed by atoms with E-state index in [1.54, 1.807) is 23.1 Å². The monoisotopic (exact) mass is 448 g/mol. The van der Waals surface area contributed by atoms with Crippen LogP contribution in [-0.4, -0.2) is 45.0 Å². The molecule has 6 nitrogen and oxygen atoms in total. The van der Waals surface area contributed by atoms with Crippen molar-refractivity contribution in [3.05, 3.63) is 83.8 Å². The van der Waals surface area contributed by atoms with Crippen LogP contribution >= 0.6 is 0 Å². The lowest BCUT2D eigenvalue weighted by Gasteiger charge is -2.33. The van der Waals surface area contributed by atoms with Gasteiger partial charge in [-0.1, -0.05) is 24.3 Å². The van der Waals surface area contributed by atoms with Crippen molar-refractivity contribution >= 4 is 16.9 Å². The lowest BCUT2D eigenvalue weighted by Crippen LogP contribution is -2.44. The number of carbonyl (C=O) groups excluding carboxylic acids is 1. The maximum Gasteiger partial charge on any atom is 0.242 e. The number of hydrogen-bond donors (Lipinski definition) is 0. The van der Waals surface area contributed by atoms with Gasteiger partial charge in [0.05, 0.1) is 41.1 Å². The molecule has 5 rings (SSSR count). The Morgan fingerprint density at radius 2 is 1.79 bits per heavy atom. The zero-order chi connectivity index (χ0) is 22.9. The van der Waals surface area contributed by atoms with E-state index in [9.17, 15) is 13.6 Å². The fraction of sp³-hybridized carbons (Fsp3) is 0.240. The van der Waals surface area contributed by atoms with Crippen LogP contribution in [0.3, 0.4) is 0 Å². The molecule has 0 spiro atoms. The van der Waals surface area contributed by atoms with Gasteiger partial charge >= 0.3 is 0 Å². The maximum absolute atomic E-state index is 14.2. The molecule has 168 valence electrons. The summed E-state index contributed by atoms with van der Waals surface area (Å²) in [7, 11) is 0. The van der Waals surface area contributed by atoms with Crippen LogP contribution in [0.25, 0.3) is 22.3 Å². The minimum Gasteiger partial charge on any atom is -0.368 e. The van der Waals surface area contributed by atoms with Crippen LogP contribution in [0.15, 0.2) is 60.7 Å². The first kappa shape index (κ1) is 21.2. The van der Waals surface area contributed by atoms with Gasteiger partial charge in [0, 0.05) is 6.54 Å². The summed E-state index contributed by atoms with van der Waals surface area (Å²) < 4.78 is 36.2. The van der Waals surface area contributed by atoms with E-state index in [2.05, 4.69) is 9.97 Å². The second-order valence-corrected chi connectivity index (χ2v) is 7.98. The Morgan fingerprint density at radius 3 is 2.61 bits per heavy atom. The highest BCUT2D eigenvalue weighted by Crippen LogP contribution is 2.28. The highest BCUT2D eigenvalue weighted by Gasteiger charge is 2.27. The molecular formula is C25H22F2N4O2. The average molecular weight is 448 g/mol. The molecule has 0 saturated carbocycles. The molecule has 1 atom stereocenters. The summed E-state index contributed by atoms with van der Waals surface area (Å²) in [5, 5.41) is 0. The highest BCUT2D eigenvalue weighted by molar-refractivity contribution is 5.81. The highest BCUT2D eigenvalue weighted by atomic mass is 19.1. The Balaban J connectivity index is 1.36. The number of aromatic nitrogens is 3. The number of pyridine rings is 1. The number of ether oxygens (including phenoxy) is 1.